The molecule has 0 radical (unpaired) electrons. The number of hydrogen-bond acceptors (Lipinski definition) is 5. The van der Waals surface area contributed by atoms with Crippen molar-refractivity contribution < 1.29 is 18.3 Å². The van der Waals surface area contributed by atoms with E-state index in [9.17, 15) is 18.4 Å². The van der Waals surface area contributed by atoms with Gasteiger partial charge >= 0.3 is 0 Å². The van der Waals surface area contributed by atoms with Gasteiger partial charge in [0.15, 0.2) is 5.82 Å². The van der Waals surface area contributed by atoms with Crippen molar-refractivity contribution in [2.24, 2.45) is 11.3 Å². The van der Waals surface area contributed by atoms with E-state index in [1.54, 1.807) is 18.3 Å². The average Bonchev–Trinajstić information content (AvgIpc) is 3.50. The molecule has 2 aliphatic rings. The number of amides is 1. The van der Waals surface area contributed by atoms with Crippen LogP contribution in [-0.2, 0) is 4.79 Å². The van der Waals surface area contributed by atoms with E-state index in [0.29, 0.717) is 17.8 Å². The maximum Gasteiger partial charge on any atom is 0.256 e. The number of H-pyrrole nitrogens is 1. The van der Waals surface area contributed by atoms with Crippen LogP contribution in [0.4, 0.5) is 14.6 Å². The van der Waals surface area contributed by atoms with Crippen LogP contribution in [0.1, 0.15) is 43.6 Å². The number of nitrogens with zero attached hydrogens (tertiary/aromatic N) is 2. The summed E-state index contributed by atoms with van der Waals surface area (Å²) in [5.41, 5.74) is 0.998. The summed E-state index contributed by atoms with van der Waals surface area (Å²) in [5, 5.41) is 2.86. The van der Waals surface area contributed by atoms with E-state index in [-0.39, 0.29) is 34.4 Å². The quantitative estimate of drug-likeness (QED) is 0.593. The summed E-state index contributed by atoms with van der Waals surface area (Å²) in [4.78, 5) is 34.7. The third kappa shape index (κ3) is 4.48. The second kappa shape index (κ2) is 8.38. The molecule has 1 spiro atoms. The summed E-state index contributed by atoms with van der Waals surface area (Å²) in [6.45, 7) is 0. The van der Waals surface area contributed by atoms with Crippen molar-refractivity contribution in [1.82, 2.24) is 15.0 Å². The molecule has 2 saturated carbocycles. The number of carbonyl (C=O) groups is 1. The zero-order chi connectivity index (χ0) is 23.0. The first-order valence-corrected chi connectivity index (χ1v) is 10.9. The van der Waals surface area contributed by atoms with Crippen LogP contribution in [0, 0.1) is 23.0 Å². The minimum absolute atomic E-state index is 0.00202. The smallest absolute Gasteiger partial charge is 0.256 e. The molecule has 0 unspecified atom stereocenters. The molecule has 170 valence electrons. The molecule has 0 saturated heterocycles. The van der Waals surface area contributed by atoms with E-state index < -0.39 is 11.6 Å². The fourth-order valence-electron chi connectivity index (χ4n) is 4.89. The van der Waals surface area contributed by atoms with Gasteiger partial charge in [0.25, 0.3) is 5.88 Å². The molecule has 7 nitrogen and oxygen atoms in total. The van der Waals surface area contributed by atoms with Crippen LogP contribution in [0.25, 0.3) is 0 Å². The van der Waals surface area contributed by atoms with Crippen molar-refractivity contribution in [3.63, 3.8) is 0 Å². The molecule has 1 amide bonds. The molecule has 9 heteroatoms. The van der Waals surface area contributed by atoms with E-state index in [1.165, 1.54) is 12.3 Å². The molecule has 2 N–H and O–H groups in total. The van der Waals surface area contributed by atoms with Crippen molar-refractivity contribution in [1.29, 1.82) is 0 Å². The van der Waals surface area contributed by atoms with Gasteiger partial charge in [-0.15, -0.1) is 0 Å². The van der Waals surface area contributed by atoms with Gasteiger partial charge in [-0.2, -0.15) is 0 Å². The maximum atomic E-state index is 13.7. The number of aromatic amines is 1. The van der Waals surface area contributed by atoms with E-state index >= 15 is 0 Å². The van der Waals surface area contributed by atoms with Crippen molar-refractivity contribution >= 4 is 11.7 Å². The van der Waals surface area contributed by atoms with Crippen LogP contribution in [0.2, 0.25) is 0 Å². The first kappa shape index (κ1) is 21.2. The lowest BCUT2D eigenvalue weighted by Crippen LogP contribution is -2.23. The molecule has 0 aliphatic heterocycles. The number of hydrogen-bond donors (Lipinski definition) is 2. The third-order valence-electron chi connectivity index (χ3n) is 6.64. The van der Waals surface area contributed by atoms with Gasteiger partial charge in [0, 0.05) is 24.2 Å². The van der Waals surface area contributed by atoms with Crippen molar-refractivity contribution in [2.45, 2.75) is 38.0 Å². The standard InChI is InChI=1S/C24H22F2N4O3/c25-16-8-19(26)23(29-12-16)33-17-4-5-20(27-13-17)30-22(32)18-10-24(18)7-1-2-14(9-24)15-3-6-21(31)28-11-15/h3-6,8,11-14,18H,1-2,7,9-10H2,(H,28,31)(H,27,30,32)/t14-,18+,24-/m1/s1. The predicted molar refractivity (Wildman–Crippen MR) is 116 cm³/mol. The molecule has 5 rings (SSSR count). The van der Waals surface area contributed by atoms with Crippen LogP contribution in [0.3, 0.4) is 0 Å². The lowest BCUT2D eigenvalue weighted by atomic mass is 9.75. The number of carbonyl (C=O) groups excluding carboxylic acids is 1. The highest BCUT2D eigenvalue weighted by Crippen LogP contribution is 2.64. The van der Waals surface area contributed by atoms with Gasteiger partial charge in [-0.3, -0.25) is 9.59 Å². The fourth-order valence-corrected chi connectivity index (χ4v) is 4.89. The third-order valence-corrected chi connectivity index (χ3v) is 6.64. The monoisotopic (exact) mass is 452 g/mol. The lowest BCUT2D eigenvalue weighted by Gasteiger charge is -2.30. The number of halogens is 2. The summed E-state index contributed by atoms with van der Waals surface area (Å²) >= 11 is 0. The Kier molecular flexibility index (Phi) is 5.39. The van der Waals surface area contributed by atoms with Gasteiger partial charge in [0.2, 0.25) is 11.5 Å². The Morgan fingerprint density at radius 2 is 2.03 bits per heavy atom. The first-order chi connectivity index (χ1) is 15.9. The summed E-state index contributed by atoms with van der Waals surface area (Å²) in [6.07, 6.45) is 8.86. The highest BCUT2D eigenvalue weighted by molar-refractivity contribution is 5.94. The normalized spacial score (nSPS) is 23.8. The molecule has 33 heavy (non-hydrogen) atoms. The Morgan fingerprint density at radius 3 is 2.76 bits per heavy atom. The highest BCUT2D eigenvalue weighted by atomic mass is 19.1. The number of aromatic nitrogens is 3. The molecule has 3 aromatic rings. The molecule has 2 aliphatic carbocycles. The summed E-state index contributed by atoms with van der Waals surface area (Å²) in [6, 6.07) is 7.20. The molecule has 3 aromatic heterocycles. The van der Waals surface area contributed by atoms with Crippen LogP contribution >= 0.6 is 0 Å². The van der Waals surface area contributed by atoms with Crippen LogP contribution in [-0.4, -0.2) is 20.9 Å². The number of ether oxygens (including phenoxy) is 1. The molecule has 3 heterocycles. The minimum Gasteiger partial charge on any atom is -0.435 e. The Hall–Kier alpha value is -3.62. The van der Waals surface area contributed by atoms with E-state index in [1.807, 2.05) is 6.07 Å². The van der Waals surface area contributed by atoms with E-state index in [2.05, 4.69) is 20.3 Å². The Morgan fingerprint density at radius 1 is 1.15 bits per heavy atom. The number of nitrogens with one attached hydrogen (secondary N) is 2. The first-order valence-electron chi connectivity index (χ1n) is 10.9. The van der Waals surface area contributed by atoms with Crippen LogP contribution < -0.4 is 15.6 Å². The fraction of sp³-hybridized carbons (Fsp3) is 0.333. The Labute approximate surface area is 188 Å². The van der Waals surface area contributed by atoms with Crippen LogP contribution in [0.15, 0.2) is 53.7 Å². The average molecular weight is 452 g/mol. The van der Waals surface area contributed by atoms with Crippen molar-refractivity contribution in [3.8, 4) is 11.6 Å². The van der Waals surface area contributed by atoms with Gasteiger partial charge in [-0.25, -0.2) is 18.7 Å². The van der Waals surface area contributed by atoms with Gasteiger partial charge in [-0.05, 0) is 54.7 Å². The summed E-state index contributed by atoms with van der Waals surface area (Å²) in [7, 11) is 0. The predicted octanol–water partition coefficient (Wildman–Crippen LogP) is 4.54. The summed E-state index contributed by atoms with van der Waals surface area (Å²) in [5.74, 6) is -1.29. The van der Waals surface area contributed by atoms with Crippen molar-refractivity contribution in [3.05, 3.63) is 76.5 Å². The molecular formula is C24H22F2N4O3. The van der Waals surface area contributed by atoms with Gasteiger partial charge < -0.3 is 15.0 Å². The SMILES string of the molecule is O=C(Nc1ccc(Oc2ncc(F)cc2F)cn1)[C@@H]1C[C@]12CCC[C@@H](c1ccc(=O)[nH]c1)C2. The lowest BCUT2D eigenvalue weighted by molar-refractivity contribution is -0.118. The molecule has 0 bridgehead atoms. The van der Waals surface area contributed by atoms with E-state index in [4.69, 9.17) is 4.74 Å². The molecule has 0 aromatic carbocycles. The Bertz CT molecular complexity index is 1230. The number of anilines is 1. The van der Waals surface area contributed by atoms with Gasteiger partial charge in [-0.1, -0.05) is 12.5 Å². The number of rotatable bonds is 5. The van der Waals surface area contributed by atoms with Gasteiger partial charge in [0.05, 0.1) is 12.4 Å². The highest BCUT2D eigenvalue weighted by Gasteiger charge is 2.59. The van der Waals surface area contributed by atoms with Gasteiger partial charge in [0.1, 0.15) is 17.4 Å². The Balaban J connectivity index is 1.20. The summed E-state index contributed by atoms with van der Waals surface area (Å²) < 4.78 is 31.9. The minimum atomic E-state index is -0.918. The zero-order valence-electron chi connectivity index (χ0n) is 17.7. The second-order valence-corrected chi connectivity index (χ2v) is 8.81. The zero-order valence-corrected chi connectivity index (χ0v) is 17.7. The maximum absolute atomic E-state index is 13.7. The molecular weight excluding hydrogens is 430 g/mol. The van der Waals surface area contributed by atoms with Crippen LogP contribution in [0.5, 0.6) is 11.6 Å². The van der Waals surface area contributed by atoms with E-state index in [0.717, 1.165) is 43.9 Å². The topological polar surface area (TPSA) is 97.0 Å². The largest absolute Gasteiger partial charge is 0.435 e. The van der Waals surface area contributed by atoms with Crippen molar-refractivity contribution in [2.75, 3.05) is 5.32 Å². The number of pyridine rings is 3. The molecule has 2 fully saturated rings. The molecule has 3 atom stereocenters. The second-order valence-electron chi connectivity index (χ2n) is 8.81.